The highest BCUT2D eigenvalue weighted by atomic mass is 16.3. The minimum atomic E-state index is 0.0316. The summed E-state index contributed by atoms with van der Waals surface area (Å²) in [5.41, 5.74) is 2.73. The number of carbonyl (C=O) groups excluding carboxylic acids is 1. The lowest BCUT2D eigenvalue weighted by molar-refractivity contribution is 0.0628. The zero-order valence-corrected chi connectivity index (χ0v) is 12.4. The summed E-state index contributed by atoms with van der Waals surface area (Å²) in [7, 11) is 0. The van der Waals surface area contributed by atoms with Crippen LogP contribution in [0.4, 0.5) is 0 Å². The number of piperazine rings is 1. The Labute approximate surface area is 129 Å². The Bertz CT molecular complexity index is 619. The molecule has 6 heteroatoms. The molecule has 22 heavy (non-hydrogen) atoms. The molecule has 1 saturated heterocycles. The van der Waals surface area contributed by atoms with Crippen molar-refractivity contribution in [1.29, 1.82) is 0 Å². The maximum absolute atomic E-state index is 12.2. The van der Waals surface area contributed by atoms with E-state index >= 15 is 0 Å². The molecule has 1 aliphatic rings. The van der Waals surface area contributed by atoms with E-state index in [4.69, 9.17) is 0 Å². The summed E-state index contributed by atoms with van der Waals surface area (Å²) >= 11 is 0. The summed E-state index contributed by atoms with van der Waals surface area (Å²) in [6.45, 7) is 3.98. The standard InChI is InChI=1S/C16H20N4O2/c21-12-14-4-2-1-3-13(14)11-19-5-7-20(8-6-19)16(22)15-9-17-18-10-15/h1-4,9-10,21H,5-8,11-12H2,(H,17,18). The van der Waals surface area contributed by atoms with Crippen molar-refractivity contribution in [2.45, 2.75) is 13.2 Å². The molecule has 116 valence electrons. The van der Waals surface area contributed by atoms with Gasteiger partial charge in [-0.25, -0.2) is 0 Å². The molecule has 6 nitrogen and oxygen atoms in total. The van der Waals surface area contributed by atoms with Crippen LogP contribution >= 0.6 is 0 Å². The third-order valence-electron chi connectivity index (χ3n) is 4.09. The van der Waals surface area contributed by atoms with Crippen molar-refractivity contribution in [3.8, 4) is 0 Å². The van der Waals surface area contributed by atoms with Crippen molar-refractivity contribution in [1.82, 2.24) is 20.0 Å². The number of H-pyrrole nitrogens is 1. The fourth-order valence-electron chi connectivity index (χ4n) is 2.77. The van der Waals surface area contributed by atoms with Crippen molar-refractivity contribution in [2.75, 3.05) is 26.2 Å². The van der Waals surface area contributed by atoms with Gasteiger partial charge in [-0.2, -0.15) is 5.10 Å². The lowest BCUT2D eigenvalue weighted by Crippen LogP contribution is -2.48. The van der Waals surface area contributed by atoms with Crippen molar-refractivity contribution < 1.29 is 9.90 Å². The third-order valence-corrected chi connectivity index (χ3v) is 4.09. The van der Waals surface area contributed by atoms with Crippen LogP contribution in [0.5, 0.6) is 0 Å². The topological polar surface area (TPSA) is 72.5 Å². The molecule has 1 aromatic carbocycles. The van der Waals surface area contributed by atoms with E-state index in [1.165, 1.54) is 0 Å². The van der Waals surface area contributed by atoms with E-state index in [9.17, 15) is 9.90 Å². The summed E-state index contributed by atoms with van der Waals surface area (Å²) in [5, 5.41) is 15.9. The summed E-state index contributed by atoms with van der Waals surface area (Å²) in [6.07, 6.45) is 3.19. The number of nitrogens with zero attached hydrogens (tertiary/aromatic N) is 3. The SMILES string of the molecule is O=C(c1cn[nH]c1)N1CCN(Cc2ccccc2CO)CC1. The first-order valence-corrected chi connectivity index (χ1v) is 7.46. The highest BCUT2D eigenvalue weighted by Gasteiger charge is 2.22. The maximum atomic E-state index is 12.2. The predicted molar refractivity (Wildman–Crippen MR) is 82.1 cm³/mol. The van der Waals surface area contributed by atoms with Gasteiger partial charge in [0.05, 0.1) is 18.4 Å². The number of carbonyl (C=O) groups is 1. The van der Waals surface area contributed by atoms with E-state index < -0.39 is 0 Å². The fourth-order valence-corrected chi connectivity index (χ4v) is 2.77. The molecule has 1 fully saturated rings. The van der Waals surface area contributed by atoms with Gasteiger partial charge in [0, 0.05) is 38.9 Å². The van der Waals surface area contributed by atoms with Gasteiger partial charge >= 0.3 is 0 Å². The second-order valence-electron chi connectivity index (χ2n) is 5.48. The monoisotopic (exact) mass is 300 g/mol. The third kappa shape index (κ3) is 3.18. The van der Waals surface area contributed by atoms with Crippen LogP contribution in [0.3, 0.4) is 0 Å². The number of aromatic nitrogens is 2. The van der Waals surface area contributed by atoms with Gasteiger partial charge in [-0.05, 0) is 11.1 Å². The number of hydrogen-bond donors (Lipinski definition) is 2. The number of rotatable bonds is 4. The predicted octanol–water partition coefficient (Wildman–Crippen LogP) is 0.860. The Morgan fingerprint density at radius 2 is 1.91 bits per heavy atom. The van der Waals surface area contributed by atoms with Crippen molar-refractivity contribution in [2.24, 2.45) is 0 Å². The number of aliphatic hydroxyl groups excluding tert-OH is 1. The molecular formula is C16H20N4O2. The molecule has 2 aromatic rings. The molecule has 0 unspecified atom stereocenters. The van der Waals surface area contributed by atoms with Gasteiger partial charge in [0.2, 0.25) is 0 Å². The zero-order valence-electron chi connectivity index (χ0n) is 12.4. The molecule has 0 radical (unpaired) electrons. The van der Waals surface area contributed by atoms with Gasteiger partial charge in [-0.1, -0.05) is 24.3 Å². The Morgan fingerprint density at radius 3 is 2.55 bits per heavy atom. The smallest absolute Gasteiger partial charge is 0.257 e. The number of aliphatic hydroxyl groups is 1. The number of aromatic amines is 1. The van der Waals surface area contributed by atoms with Gasteiger partial charge in [0.1, 0.15) is 0 Å². The van der Waals surface area contributed by atoms with Crippen molar-refractivity contribution in [3.05, 3.63) is 53.3 Å². The molecule has 2 N–H and O–H groups in total. The maximum Gasteiger partial charge on any atom is 0.257 e. The Balaban J connectivity index is 1.57. The van der Waals surface area contributed by atoms with E-state index in [0.29, 0.717) is 18.7 Å². The molecule has 0 atom stereocenters. The number of amides is 1. The molecule has 0 spiro atoms. The van der Waals surface area contributed by atoms with E-state index in [0.717, 1.165) is 30.8 Å². The van der Waals surface area contributed by atoms with Crippen LogP contribution in [0.25, 0.3) is 0 Å². The Kier molecular flexibility index (Phi) is 4.50. The fraction of sp³-hybridized carbons (Fsp3) is 0.375. The molecule has 1 amide bonds. The van der Waals surface area contributed by atoms with Crippen LogP contribution in [-0.2, 0) is 13.2 Å². The van der Waals surface area contributed by atoms with Gasteiger partial charge in [0.15, 0.2) is 0 Å². The minimum Gasteiger partial charge on any atom is -0.392 e. The van der Waals surface area contributed by atoms with E-state index in [2.05, 4.69) is 21.2 Å². The summed E-state index contributed by atoms with van der Waals surface area (Å²) < 4.78 is 0. The highest BCUT2D eigenvalue weighted by Crippen LogP contribution is 2.14. The average Bonchev–Trinajstić information content (AvgIpc) is 3.10. The first kappa shape index (κ1) is 14.7. The Hall–Kier alpha value is -2.18. The van der Waals surface area contributed by atoms with Gasteiger partial charge < -0.3 is 10.0 Å². The summed E-state index contributed by atoms with van der Waals surface area (Å²) in [6, 6.07) is 7.94. The van der Waals surface area contributed by atoms with Crippen molar-refractivity contribution in [3.63, 3.8) is 0 Å². The highest BCUT2D eigenvalue weighted by molar-refractivity contribution is 5.93. The molecule has 3 rings (SSSR count). The molecule has 1 aliphatic heterocycles. The van der Waals surface area contributed by atoms with Crippen LogP contribution in [0.15, 0.2) is 36.7 Å². The van der Waals surface area contributed by atoms with E-state index in [1.807, 2.05) is 23.1 Å². The van der Waals surface area contributed by atoms with Crippen molar-refractivity contribution >= 4 is 5.91 Å². The molecule has 2 heterocycles. The van der Waals surface area contributed by atoms with E-state index in [-0.39, 0.29) is 12.5 Å². The molecule has 1 aromatic heterocycles. The lowest BCUT2D eigenvalue weighted by atomic mass is 10.1. The molecule has 0 aliphatic carbocycles. The largest absolute Gasteiger partial charge is 0.392 e. The first-order chi connectivity index (χ1) is 10.8. The zero-order chi connectivity index (χ0) is 15.4. The van der Waals surface area contributed by atoms with Gasteiger partial charge in [-0.3, -0.25) is 14.8 Å². The summed E-state index contributed by atoms with van der Waals surface area (Å²) in [5.74, 6) is 0.0316. The lowest BCUT2D eigenvalue weighted by Gasteiger charge is -2.34. The average molecular weight is 300 g/mol. The van der Waals surface area contributed by atoms with Gasteiger partial charge in [0.25, 0.3) is 5.91 Å². The first-order valence-electron chi connectivity index (χ1n) is 7.46. The van der Waals surface area contributed by atoms with E-state index in [1.54, 1.807) is 12.4 Å². The molecular weight excluding hydrogens is 280 g/mol. The van der Waals surface area contributed by atoms with Crippen LogP contribution in [0.1, 0.15) is 21.5 Å². The quantitative estimate of drug-likeness (QED) is 0.878. The number of hydrogen-bond acceptors (Lipinski definition) is 4. The summed E-state index contributed by atoms with van der Waals surface area (Å²) in [4.78, 5) is 16.4. The number of nitrogens with one attached hydrogen (secondary N) is 1. The van der Waals surface area contributed by atoms with Crippen LogP contribution in [-0.4, -0.2) is 57.2 Å². The normalized spacial score (nSPS) is 16.0. The van der Waals surface area contributed by atoms with Gasteiger partial charge in [-0.15, -0.1) is 0 Å². The molecule has 0 saturated carbocycles. The van der Waals surface area contributed by atoms with Crippen LogP contribution in [0, 0.1) is 0 Å². The molecule has 0 bridgehead atoms. The minimum absolute atomic E-state index is 0.0316. The second kappa shape index (κ2) is 6.72. The van der Waals surface area contributed by atoms with Crippen LogP contribution in [0.2, 0.25) is 0 Å². The second-order valence-corrected chi connectivity index (χ2v) is 5.48. The van der Waals surface area contributed by atoms with Crippen LogP contribution < -0.4 is 0 Å². The number of benzene rings is 1. The Morgan fingerprint density at radius 1 is 1.18 bits per heavy atom.